The van der Waals surface area contributed by atoms with Crippen molar-refractivity contribution in [3.05, 3.63) is 54.1 Å². The normalized spacial score (nSPS) is 16.5. The number of amides is 1. The number of aliphatic imine (C=N–C) groups is 1. The van der Waals surface area contributed by atoms with Gasteiger partial charge in [-0.25, -0.2) is 4.99 Å². The Labute approximate surface area is 164 Å². The summed E-state index contributed by atoms with van der Waals surface area (Å²) >= 11 is 0. The number of rotatable bonds is 6. The molecule has 1 aliphatic heterocycles. The molecule has 0 saturated carbocycles. The number of methoxy groups -OCH3 is 2. The fraction of sp³-hybridized carbons (Fsp3) is 0.333. The number of nitrogens with zero attached hydrogens (tertiary/aromatic N) is 1. The molecular formula is C21H25N3O4. The molecule has 7 heteroatoms. The minimum Gasteiger partial charge on any atom is -0.497 e. The number of ether oxygens (including phenoxy) is 3. The van der Waals surface area contributed by atoms with Gasteiger partial charge in [-0.3, -0.25) is 10.1 Å². The molecule has 28 heavy (non-hydrogen) atoms. The van der Waals surface area contributed by atoms with Crippen molar-refractivity contribution in [2.45, 2.75) is 18.9 Å². The van der Waals surface area contributed by atoms with Gasteiger partial charge in [-0.2, -0.15) is 0 Å². The van der Waals surface area contributed by atoms with Gasteiger partial charge >= 0.3 is 0 Å². The van der Waals surface area contributed by atoms with Crippen molar-refractivity contribution in [3.8, 4) is 11.5 Å². The molecule has 7 nitrogen and oxygen atoms in total. The van der Waals surface area contributed by atoms with E-state index in [0.29, 0.717) is 35.3 Å². The minimum atomic E-state index is -0.242. The number of hydrogen-bond donors (Lipinski definition) is 2. The summed E-state index contributed by atoms with van der Waals surface area (Å²) in [5.74, 6) is 1.37. The summed E-state index contributed by atoms with van der Waals surface area (Å²) in [5.41, 5.74) is 1.24. The molecule has 2 aromatic rings. The van der Waals surface area contributed by atoms with Crippen molar-refractivity contribution in [1.82, 2.24) is 5.32 Å². The molecule has 2 aromatic carbocycles. The molecule has 1 fully saturated rings. The Morgan fingerprint density at radius 3 is 2.46 bits per heavy atom. The van der Waals surface area contributed by atoms with Crippen LogP contribution in [-0.4, -0.2) is 45.3 Å². The van der Waals surface area contributed by atoms with Crippen LogP contribution < -0.4 is 20.1 Å². The molecule has 0 radical (unpaired) electrons. The molecule has 0 aliphatic carbocycles. The monoisotopic (exact) mass is 383 g/mol. The maximum Gasteiger partial charge on any atom is 0.257 e. The number of anilines is 1. The molecule has 1 aliphatic rings. The smallest absolute Gasteiger partial charge is 0.257 e. The van der Waals surface area contributed by atoms with Crippen LogP contribution in [0.2, 0.25) is 0 Å². The van der Waals surface area contributed by atoms with Crippen LogP contribution in [0.4, 0.5) is 5.69 Å². The Morgan fingerprint density at radius 1 is 1.14 bits per heavy atom. The van der Waals surface area contributed by atoms with Crippen LogP contribution in [0.15, 0.2) is 53.5 Å². The second kappa shape index (κ2) is 9.75. The van der Waals surface area contributed by atoms with E-state index in [9.17, 15) is 4.79 Å². The molecule has 1 heterocycles. The van der Waals surface area contributed by atoms with E-state index in [-0.39, 0.29) is 12.0 Å². The fourth-order valence-electron chi connectivity index (χ4n) is 2.88. The van der Waals surface area contributed by atoms with Gasteiger partial charge in [-0.05, 0) is 25.0 Å². The van der Waals surface area contributed by atoms with Gasteiger partial charge in [0, 0.05) is 36.1 Å². The predicted molar refractivity (Wildman–Crippen MR) is 108 cm³/mol. The average Bonchev–Trinajstić information content (AvgIpc) is 3.26. The van der Waals surface area contributed by atoms with Crippen LogP contribution >= 0.6 is 0 Å². The number of guanidine groups is 1. The molecule has 0 aromatic heterocycles. The van der Waals surface area contributed by atoms with Crippen molar-refractivity contribution in [2.75, 3.05) is 32.7 Å². The van der Waals surface area contributed by atoms with Gasteiger partial charge in [-0.15, -0.1) is 0 Å². The van der Waals surface area contributed by atoms with E-state index in [1.807, 2.05) is 18.2 Å². The molecule has 2 N–H and O–H groups in total. The Balaban J connectivity index is 1.79. The lowest BCUT2D eigenvalue weighted by molar-refractivity contribution is 0.0975. The van der Waals surface area contributed by atoms with Crippen LogP contribution in [0.25, 0.3) is 0 Å². The first-order chi connectivity index (χ1) is 13.7. The highest BCUT2D eigenvalue weighted by Crippen LogP contribution is 2.25. The van der Waals surface area contributed by atoms with E-state index in [2.05, 4.69) is 15.6 Å². The van der Waals surface area contributed by atoms with E-state index in [1.54, 1.807) is 44.6 Å². The molecular weight excluding hydrogens is 358 g/mol. The standard InChI is InChI=1S/C21H25N3O4/c1-26-18-11-16(12-19(13-18)27-2)23-21(22-14-17-9-6-10-28-17)24-20(25)15-7-4-3-5-8-15/h3-5,7-8,11-13,17H,6,9-10,14H2,1-2H3,(H2,22,23,24,25)/t17-/m1/s1. The molecule has 0 unspecified atom stereocenters. The Kier molecular flexibility index (Phi) is 6.86. The van der Waals surface area contributed by atoms with Gasteiger partial charge in [0.25, 0.3) is 5.91 Å². The lowest BCUT2D eigenvalue weighted by atomic mass is 10.2. The van der Waals surface area contributed by atoms with E-state index < -0.39 is 0 Å². The van der Waals surface area contributed by atoms with E-state index >= 15 is 0 Å². The summed E-state index contributed by atoms with van der Waals surface area (Å²) in [4.78, 5) is 17.1. The van der Waals surface area contributed by atoms with Gasteiger partial charge in [0.15, 0.2) is 0 Å². The molecule has 1 amide bonds. The Bertz CT molecular complexity index is 795. The Morgan fingerprint density at radius 2 is 1.86 bits per heavy atom. The molecule has 1 atom stereocenters. The van der Waals surface area contributed by atoms with Gasteiger partial charge in [0.05, 0.1) is 26.9 Å². The minimum absolute atomic E-state index is 0.0743. The van der Waals surface area contributed by atoms with Crippen LogP contribution in [0.1, 0.15) is 23.2 Å². The number of carbonyl (C=O) groups is 1. The van der Waals surface area contributed by atoms with Gasteiger partial charge < -0.3 is 19.5 Å². The van der Waals surface area contributed by atoms with Crippen molar-refractivity contribution < 1.29 is 19.0 Å². The van der Waals surface area contributed by atoms with Crippen molar-refractivity contribution in [3.63, 3.8) is 0 Å². The summed E-state index contributed by atoms with van der Waals surface area (Å²) in [7, 11) is 3.17. The maximum absolute atomic E-state index is 12.6. The molecule has 3 rings (SSSR count). The molecule has 148 valence electrons. The predicted octanol–water partition coefficient (Wildman–Crippen LogP) is 3.08. The molecule has 0 spiro atoms. The maximum atomic E-state index is 12.6. The van der Waals surface area contributed by atoms with Crippen LogP contribution in [-0.2, 0) is 4.74 Å². The highest BCUT2D eigenvalue weighted by Gasteiger charge is 2.16. The zero-order valence-electron chi connectivity index (χ0n) is 16.1. The topological polar surface area (TPSA) is 81.2 Å². The largest absolute Gasteiger partial charge is 0.497 e. The summed E-state index contributed by atoms with van der Waals surface area (Å²) in [5, 5.41) is 6.00. The van der Waals surface area contributed by atoms with E-state index in [1.165, 1.54) is 0 Å². The first-order valence-electron chi connectivity index (χ1n) is 9.20. The molecule has 0 bridgehead atoms. The van der Waals surface area contributed by atoms with E-state index in [0.717, 1.165) is 19.4 Å². The SMILES string of the molecule is COc1cc(NC(=NC[C@H]2CCCO2)NC(=O)c2ccccc2)cc(OC)c1. The summed E-state index contributed by atoms with van der Waals surface area (Å²) in [6, 6.07) is 14.4. The summed E-state index contributed by atoms with van der Waals surface area (Å²) in [6.45, 7) is 1.23. The van der Waals surface area contributed by atoms with Crippen molar-refractivity contribution >= 4 is 17.6 Å². The van der Waals surface area contributed by atoms with Crippen molar-refractivity contribution in [1.29, 1.82) is 0 Å². The average molecular weight is 383 g/mol. The zero-order chi connectivity index (χ0) is 19.8. The summed E-state index contributed by atoms with van der Waals surface area (Å²) in [6.07, 6.45) is 2.08. The van der Waals surface area contributed by atoms with Crippen LogP contribution in [0.5, 0.6) is 11.5 Å². The third-order valence-electron chi connectivity index (χ3n) is 4.36. The third kappa shape index (κ3) is 5.47. The quantitative estimate of drug-likeness (QED) is 0.592. The lowest BCUT2D eigenvalue weighted by Crippen LogP contribution is -2.36. The second-order valence-electron chi connectivity index (χ2n) is 6.37. The number of nitrogens with one attached hydrogen (secondary N) is 2. The molecule has 1 saturated heterocycles. The highest BCUT2D eigenvalue weighted by molar-refractivity contribution is 6.10. The number of hydrogen-bond acceptors (Lipinski definition) is 5. The Hall–Kier alpha value is -3.06. The second-order valence-corrected chi connectivity index (χ2v) is 6.37. The first-order valence-corrected chi connectivity index (χ1v) is 9.20. The number of carbonyl (C=O) groups excluding carboxylic acids is 1. The summed E-state index contributed by atoms with van der Waals surface area (Å²) < 4.78 is 16.2. The highest BCUT2D eigenvalue weighted by atomic mass is 16.5. The fourth-order valence-corrected chi connectivity index (χ4v) is 2.88. The zero-order valence-corrected chi connectivity index (χ0v) is 16.1. The van der Waals surface area contributed by atoms with Crippen LogP contribution in [0.3, 0.4) is 0 Å². The van der Waals surface area contributed by atoms with Gasteiger partial charge in [0.1, 0.15) is 11.5 Å². The van der Waals surface area contributed by atoms with Crippen molar-refractivity contribution in [2.24, 2.45) is 4.99 Å². The number of benzene rings is 2. The lowest BCUT2D eigenvalue weighted by Gasteiger charge is -2.15. The van der Waals surface area contributed by atoms with Crippen LogP contribution in [0, 0.1) is 0 Å². The van der Waals surface area contributed by atoms with Gasteiger partial charge in [0.2, 0.25) is 5.96 Å². The van der Waals surface area contributed by atoms with Gasteiger partial charge in [-0.1, -0.05) is 18.2 Å². The van der Waals surface area contributed by atoms with E-state index in [4.69, 9.17) is 14.2 Å². The third-order valence-corrected chi connectivity index (χ3v) is 4.36. The first kappa shape index (κ1) is 19.7.